The zero-order valence-corrected chi connectivity index (χ0v) is 11.5. The van der Waals surface area contributed by atoms with E-state index in [9.17, 15) is 4.79 Å². The smallest absolute Gasteiger partial charge is 0.225 e. The van der Waals surface area contributed by atoms with E-state index in [1.54, 1.807) is 19.3 Å². The maximum atomic E-state index is 11.4. The highest BCUT2D eigenvalue weighted by molar-refractivity contribution is 9.10. The Balaban J connectivity index is 2.06. The molecule has 0 aliphatic carbocycles. The number of carbonyl (C=O) groups is 1. The largest absolute Gasteiger partial charge is 0.337 e. The van der Waals surface area contributed by atoms with E-state index in [-0.39, 0.29) is 11.9 Å². The Morgan fingerprint density at radius 1 is 1.41 bits per heavy atom. The van der Waals surface area contributed by atoms with Crippen molar-refractivity contribution in [2.45, 2.75) is 19.9 Å². The lowest BCUT2D eigenvalue weighted by Gasteiger charge is -2.39. The van der Waals surface area contributed by atoms with Gasteiger partial charge in [-0.1, -0.05) is 0 Å². The van der Waals surface area contributed by atoms with E-state index in [0.29, 0.717) is 0 Å². The molecule has 1 aromatic rings. The first-order valence-electron chi connectivity index (χ1n) is 5.57. The number of piperazine rings is 1. The van der Waals surface area contributed by atoms with Gasteiger partial charge in [0.1, 0.15) is 0 Å². The number of hydrogen-bond acceptors (Lipinski definition) is 4. The highest BCUT2D eigenvalue weighted by Gasteiger charge is 2.26. The Morgan fingerprint density at radius 2 is 2.06 bits per heavy atom. The molecule has 1 saturated heterocycles. The van der Waals surface area contributed by atoms with Gasteiger partial charge < -0.3 is 9.80 Å². The number of aromatic nitrogens is 2. The van der Waals surface area contributed by atoms with Crippen LogP contribution in [0.3, 0.4) is 0 Å². The molecule has 1 atom stereocenters. The first-order chi connectivity index (χ1) is 8.08. The first kappa shape index (κ1) is 12.3. The van der Waals surface area contributed by atoms with Gasteiger partial charge in [-0.15, -0.1) is 0 Å². The molecular weight excluding hydrogens is 284 g/mol. The van der Waals surface area contributed by atoms with Crippen LogP contribution >= 0.6 is 15.9 Å². The second kappa shape index (κ2) is 5.00. The Kier molecular flexibility index (Phi) is 3.61. The number of carbonyl (C=O) groups excluding carboxylic acids is 1. The van der Waals surface area contributed by atoms with E-state index in [0.717, 1.165) is 30.1 Å². The third kappa shape index (κ3) is 2.74. The van der Waals surface area contributed by atoms with Crippen molar-refractivity contribution in [2.24, 2.45) is 0 Å². The van der Waals surface area contributed by atoms with Gasteiger partial charge in [0.05, 0.1) is 4.47 Å². The van der Waals surface area contributed by atoms with Crippen molar-refractivity contribution in [1.29, 1.82) is 0 Å². The molecule has 0 N–H and O–H groups in total. The maximum absolute atomic E-state index is 11.4. The summed E-state index contributed by atoms with van der Waals surface area (Å²) in [5, 5.41) is 0. The lowest BCUT2D eigenvalue weighted by atomic mass is 10.2. The van der Waals surface area contributed by atoms with Crippen LogP contribution in [0, 0.1) is 0 Å². The summed E-state index contributed by atoms with van der Waals surface area (Å²) in [6.45, 7) is 5.96. The summed E-state index contributed by atoms with van der Waals surface area (Å²) in [6, 6.07) is 0.202. The van der Waals surface area contributed by atoms with Crippen molar-refractivity contribution < 1.29 is 4.79 Å². The van der Waals surface area contributed by atoms with Crippen LogP contribution in [0.1, 0.15) is 13.8 Å². The standard InChI is InChI=1S/C11H15BrN4O/c1-8-7-15(3-4-16(8)9(2)17)11-13-5-10(12)6-14-11/h5-6,8H,3-4,7H2,1-2H3. The maximum Gasteiger partial charge on any atom is 0.225 e. The Bertz CT molecular complexity index is 408. The molecule has 17 heavy (non-hydrogen) atoms. The fourth-order valence-corrected chi connectivity index (χ4v) is 2.28. The second-order valence-electron chi connectivity index (χ2n) is 4.21. The molecule has 0 aromatic carbocycles. The van der Waals surface area contributed by atoms with Gasteiger partial charge >= 0.3 is 0 Å². The monoisotopic (exact) mass is 298 g/mol. The van der Waals surface area contributed by atoms with Crippen LogP contribution in [-0.4, -0.2) is 46.5 Å². The number of halogens is 1. The Morgan fingerprint density at radius 3 is 2.59 bits per heavy atom. The van der Waals surface area contributed by atoms with Crippen molar-refractivity contribution in [1.82, 2.24) is 14.9 Å². The molecule has 0 radical (unpaired) electrons. The Labute approximate surface area is 109 Å². The SMILES string of the molecule is CC(=O)N1CCN(c2ncc(Br)cn2)CC1C. The van der Waals surface area contributed by atoms with Crippen LogP contribution < -0.4 is 4.90 Å². The van der Waals surface area contributed by atoms with Crippen molar-refractivity contribution >= 4 is 27.8 Å². The van der Waals surface area contributed by atoms with E-state index < -0.39 is 0 Å². The topological polar surface area (TPSA) is 49.3 Å². The van der Waals surface area contributed by atoms with E-state index in [4.69, 9.17) is 0 Å². The van der Waals surface area contributed by atoms with E-state index in [2.05, 4.69) is 30.8 Å². The first-order valence-corrected chi connectivity index (χ1v) is 6.37. The molecule has 1 amide bonds. The minimum Gasteiger partial charge on any atom is -0.337 e. The molecule has 2 rings (SSSR count). The lowest BCUT2D eigenvalue weighted by Crippen LogP contribution is -2.53. The minimum atomic E-state index is 0.133. The van der Waals surface area contributed by atoms with Gasteiger partial charge in [0.2, 0.25) is 11.9 Å². The molecule has 5 nitrogen and oxygen atoms in total. The second-order valence-corrected chi connectivity index (χ2v) is 5.12. The van der Waals surface area contributed by atoms with Crippen molar-refractivity contribution in [3.8, 4) is 0 Å². The molecule has 1 fully saturated rings. The number of anilines is 1. The molecular formula is C11H15BrN4O. The van der Waals surface area contributed by atoms with E-state index in [1.807, 2.05) is 11.8 Å². The number of amides is 1. The van der Waals surface area contributed by atoms with Gasteiger partial charge in [0.15, 0.2) is 0 Å². The van der Waals surface area contributed by atoms with Crippen LogP contribution in [0.2, 0.25) is 0 Å². The predicted molar refractivity (Wildman–Crippen MR) is 68.8 cm³/mol. The van der Waals surface area contributed by atoms with Crippen LogP contribution in [-0.2, 0) is 4.79 Å². The zero-order valence-electron chi connectivity index (χ0n) is 9.93. The summed E-state index contributed by atoms with van der Waals surface area (Å²) in [5.74, 6) is 0.858. The minimum absolute atomic E-state index is 0.133. The fraction of sp³-hybridized carbons (Fsp3) is 0.545. The number of nitrogens with zero attached hydrogens (tertiary/aromatic N) is 4. The molecule has 92 valence electrons. The zero-order chi connectivity index (χ0) is 12.4. The molecule has 1 aliphatic heterocycles. The van der Waals surface area contributed by atoms with Gasteiger partial charge in [-0.2, -0.15) is 0 Å². The third-order valence-electron chi connectivity index (χ3n) is 2.92. The summed E-state index contributed by atoms with van der Waals surface area (Å²) in [4.78, 5) is 23.9. The van der Waals surface area contributed by atoms with Crippen molar-refractivity contribution in [3.63, 3.8) is 0 Å². The fourth-order valence-electron chi connectivity index (χ4n) is 2.08. The quantitative estimate of drug-likeness (QED) is 0.784. The van der Waals surface area contributed by atoms with Gasteiger partial charge in [0, 0.05) is 45.0 Å². The van der Waals surface area contributed by atoms with E-state index >= 15 is 0 Å². The molecule has 0 spiro atoms. The van der Waals surface area contributed by atoms with Crippen molar-refractivity contribution in [3.05, 3.63) is 16.9 Å². The molecule has 6 heteroatoms. The van der Waals surface area contributed by atoms with Gasteiger partial charge in [-0.3, -0.25) is 4.79 Å². The normalized spacial score (nSPS) is 20.5. The molecule has 1 aromatic heterocycles. The third-order valence-corrected chi connectivity index (χ3v) is 3.33. The highest BCUT2D eigenvalue weighted by atomic mass is 79.9. The van der Waals surface area contributed by atoms with Gasteiger partial charge in [-0.05, 0) is 22.9 Å². The van der Waals surface area contributed by atoms with Gasteiger partial charge in [0.25, 0.3) is 0 Å². The van der Waals surface area contributed by atoms with Crippen LogP contribution in [0.25, 0.3) is 0 Å². The summed E-state index contributed by atoms with van der Waals surface area (Å²) in [7, 11) is 0. The van der Waals surface area contributed by atoms with Crippen LogP contribution in [0.15, 0.2) is 16.9 Å². The summed E-state index contributed by atoms with van der Waals surface area (Å²) >= 11 is 3.31. The number of hydrogen-bond donors (Lipinski definition) is 0. The number of rotatable bonds is 1. The lowest BCUT2D eigenvalue weighted by molar-refractivity contribution is -0.131. The summed E-state index contributed by atoms with van der Waals surface area (Å²) < 4.78 is 0.872. The highest BCUT2D eigenvalue weighted by Crippen LogP contribution is 2.16. The molecule has 1 aliphatic rings. The average Bonchev–Trinajstić information content (AvgIpc) is 2.29. The van der Waals surface area contributed by atoms with Crippen LogP contribution in [0.5, 0.6) is 0 Å². The van der Waals surface area contributed by atoms with Crippen molar-refractivity contribution in [2.75, 3.05) is 24.5 Å². The van der Waals surface area contributed by atoms with Crippen LogP contribution in [0.4, 0.5) is 5.95 Å². The molecule has 0 bridgehead atoms. The predicted octanol–water partition coefficient (Wildman–Crippen LogP) is 1.30. The van der Waals surface area contributed by atoms with Gasteiger partial charge in [-0.25, -0.2) is 9.97 Å². The molecule has 0 saturated carbocycles. The Hall–Kier alpha value is -1.17. The average molecular weight is 299 g/mol. The van der Waals surface area contributed by atoms with E-state index in [1.165, 1.54) is 0 Å². The summed E-state index contributed by atoms with van der Waals surface area (Å²) in [6.07, 6.45) is 3.48. The summed E-state index contributed by atoms with van der Waals surface area (Å²) in [5.41, 5.74) is 0. The molecule has 2 heterocycles. The molecule has 1 unspecified atom stereocenters.